The normalized spacial score (nSPS) is 22.0. The first-order valence-electron chi connectivity index (χ1n) is 8.20. The number of carbonyl (C=O) groups excluding carboxylic acids is 1. The zero-order valence-corrected chi connectivity index (χ0v) is 13.8. The van der Waals surface area contributed by atoms with Crippen LogP contribution in [-0.4, -0.2) is 29.0 Å². The quantitative estimate of drug-likeness (QED) is 0.923. The first-order valence-corrected chi connectivity index (χ1v) is 8.58. The lowest BCUT2D eigenvalue weighted by Crippen LogP contribution is -2.50. The molecule has 1 aromatic rings. The van der Waals surface area contributed by atoms with E-state index in [1.54, 1.807) is 12.1 Å². The molecule has 0 aromatic heterocycles. The van der Waals surface area contributed by atoms with Crippen LogP contribution in [0.3, 0.4) is 0 Å². The molecule has 1 aromatic carbocycles. The summed E-state index contributed by atoms with van der Waals surface area (Å²) in [7, 11) is 0. The lowest BCUT2D eigenvalue weighted by molar-refractivity contribution is -0.145. The molecule has 5 heteroatoms. The topological polar surface area (TPSA) is 64.3 Å². The number of rotatable bonds is 3. The second-order valence-corrected chi connectivity index (χ2v) is 7.11. The van der Waals surface area contributed by atoms with Crippen molar-refractivity contribution in [3.63, 3.8) is 0 Å². The zero-order chi connectivity index (χ0) is 16.4. The molecule has 1 aliphatic carbocycles. The summed E-state index contributed by atoms with van der Waals surface area (Å²) < 4.78 is 0. The monoisotopic (exact) mass is 332 g/mol. The molecule has 1 atom stereocenters. The Kier molecular flexibility index (Phi) is 4.61. The van der Waals surface area contributed by atoms with E-state index >= 15 is 0 Å². The van der Waals surface area contributed by atoms with Crippen LogP contribution in [0.1, 0.15) is 43.8 Å². The Hall–Kier alpha value is -1.57. The number of nitrogens with zero attached hydrogens (tertiary/aromatic N) is 2. The smallest absolute Gasteiger partial charge is 0.243 e. The van der Waals surface area contributed by atoms with Gasteiger partial charge in [-0.3, -0.25) is 4.79 Å². The third-order valence-electron chi connectivity index (χ3n) is 5.32. The molecule has 3 rings (SSSR count). The van der Waals surface area contributed by atoms with E-state index in [4.69, 9.17) is 11.6 Å². The third-order valence-corrected chi connectivity index (χ3v) is 5.57. The second kappa shape index (κ2) is 6.51. The van der Waals surface area contributed by atoms with Gasteiger partial charge in [-0.05, 0) is 55.7 Å². The zero-order valence-electron chi connectivity index (χ0n) is 13.0. The first kappa shape index (κ1) is 16.3. The van der Waals surface area contributed by atoms with E-state index < -0.39 is 11.5 Å². The molecule has 2 aliphatic rings. The first-order chi connectivity index (χ1) is 11.1. The highest BCUT2D eigenvalue weighted by atomic mass is 35.5. The van der Waals surface area contributed by atoms with Crippen molar-refractivity contribution >= 4 is 17.5 Å². The average molecular weight is 333 g/mol. The average Bonchev–Trinajstić information content (AvgIpc) is 2.54. The Morgan fingerprint density at radius 1 is 1.30 bits per heavy atom. The number of hydrogen-bond donors (Lipinski definition) is 1. The number of benzene rings is 1. The van der Waals surface area contributed by atoms with Crippen molar-refractivity contribution in [1.29, 1.82) is 5.26 Å². The predicted molar refractivity (Wildman–Crippen MR) is 87.6 cm³/mol. The molecule has 1 heterocycles. The Balaban J connectivity index is 1.59. The maximum atomic E-state index is 12.5. The Bertz CT molecular complexity index is 611. The van der Waals surface area contributed by atoms with E-state index in [0.29, 0.717) is 31.0 Å². The number of amides is 1. The van der Waals surface area contributed by atoms with Crippen molar-refractivity contribution in [2.24, 2.45) is 11.3 Å². The minimum absolute atomic E-state index is 0.00863. The molecular formula is C18H21ClN2O2. The number of halogens is 1. The van der Waals surface area contributed by atoms with Gasteiger partial charge in [-0.15, -0.1) is 0 Å². The van der Waals surface area contributed by atoms with Gasteiger partial charge in [0.15, 0.2) is 0 Å². The number of aliphatic hydroxyl groups is 1. The van der Waals surface area contributed by atoms with Gasteiger partial charge in [0.25, 0.3) is 0 Å². The van der Waals surface area contributed by atoms with Gasteiger partial charge in [0.1, 0.15) is 5.41 Å². The molecule has 4 nitrogen and oxygen atoms in total. The molecule has 1 unspecified atom stereocenters. The summed E-state index contributed by atoms with van der Waals surface area (Å²) in [5.74, 6) is 0.130. The standard InChI is InChI=1S/C18H21ClN2O2/c19-15-4-2-13(3-5-15)16(22)14-6-10-21(11-7-14)17(23)18(12-20)8-1-9-18/h2-5,14,16,22H,1,6-11H2. The van der Waals surface area contributed by atoms with Gasteiger partial charge in [0.2, 0.25) is 5.91 Å². The molecular weight excluding hydrogens is 312 g/mol. The largest absolute Gasteiger partial charge is 0.388 e. The van der Waals surface area contributed by atoms with Gasteiger partial charge in [-0.1, -0.05) is 23.7 Å². The maximum Gasteiger partial charge on any atom is 0.243 e. The van der Waals surface area contributed by atoms with Crippen molar-refractivity contribution in [3.05, 3.63) is 34.9 Å². The molecule has 2 fully saturated rings. The SMILES string of the molecule is N#CC1(C(=O)N2CCC(C(O)c3ccc(Cl)cc3)CC2)CCC1. The summed E-state index contributed by atoms with van der Waals surface area (Å²) in [6.45, 7) is 1.25. The van der Waals surface area contributed by atoms with Crippen molar-refractivity contribution in [2.75, 3.05) is 13.1 Å². The Morgan fingerprint density at radius 2 is 1.91 bits per heavy atom. The van der Waals surface area contributed by atoms with Crippen molar-refractivity contribution in [3.8, 4) is 6.07 Å². The number of likely N-dealkylation sites (tertiary alicyclic amines) is 1. The molecule has 23 heavy (non-hydrogen) atoms. The highest BCUT2D eigenvalue weighted by Gasteiger charge is 2.47. The number of hydrogen-bond acceptors (Lipinski definition) is 3. The molecule has 0 radical (unpaired) electrons. The molecule has 122 valence electrons. The fraction of sp³-hybridized carbons (Fsp3) is 0.556. The third kappa shape index (κ3) is 3.08. The van der Waals surface area contributed by atoms with Crippen molar-refractivity contribution < 1.29 is 9.90 Å². The molecule has 1 saturated carbocycles. The minimum Gasteiger partial charge on any atom is -0.388 e. The van der Waals surface area contributed by atoms with Gasteiger partial charge in [-0.25, -0.2) is 0 Å². The van der Waals surface area contributed by atoms with Crippen LogP contribution in [0.5, 0.6) is 0 Å². The number of aliphatic hydroxyl groups excluding tert-OH is 1. The lowest BCUT2D eigenvalue weighted by atomic mass is 9.68. The van der Waals surface area contributed by atoms with Crippen LogP contribution in [0, 0.1) is 22.7 Å². The van der Waals surface area contributed by atoms with Gasteiger partial charge < -0.3 is 10.0 Å². The van der Waals surface area contributed by atoms with Gasteiger partial charge >= 0.3 is 0 Å². The lowest BCUT2D eigenvalue weighted by Gasteiger charge is -2.41. The van der Waals surface area contributed by atoms with Gasteiger partial charge in [0, 0.05) is 18.1 Å². The molecule has 0 spiro atoms. The maximum absolute atomic E-state index is 12.5. The van der Waals surface area contributed by atoms with E-state index in [9.17, 15) is 15.2 Å². The summed E-state index contributed by atoms with van der Waals surface area (Å²) in [5, 5.41) is 20.5. The summed E-state index contributed by atoms with van der Waals surface area (Å²) in [4.78, 5) is 14.4. The fourth-order valence-corrected chi connectivity index (χ4v) is 3.68. The van der Waals surface area contributed by atoms with Crippen LogP contribution in [0.25, 0.3) is 0 Å². The molecule has 1 N–H and O–H groups in total. The van der Waals surface area contributed by atoms with Gasteiger partial charge in [-0.2, -0.15) is 5.26 Å². The molecule has 1 amide bonds. The number of piperidine rings is 1. The van der Waals surface area contributed by atoms with E-state index in [1.807, 2.05) is 17.0 Å². The second-order valence-electron chi connectivity index (χ2n) is 6.67. The summed E-state index contributed by atoms with van der Waals surface area (Å²) in [5.41, 5.74) is 0.105. The van der Waals surface area contributed by atoms with E-state index in [1.165, 1.54) is 0 Å². The minimum atomic E-state index is -0.762. The highest BCUT2D eigenvalue weighted by Crippen LogP contribution is 2.43. The molecule has 0 bridgehead atoms. The van der Waals surface area contributed by atoms with Crippen LogP contribution < -0.4 is 0 Å². The molecule has 1 saturated heterocycles. The highest BCUT2D eigenvalue weighted by molar-refractivity contribution is 6.30. The van der Waals surface area contributed by atoms with Crippen LogP contribution in [0.4, 0.5) is 0 Å². The number of nitriles is 1. The summed E-state index contributed by atoms with van der Waals surface area (Å²) >= 11 is 5.88. The fourth-order valence-electron chi connectivity index (χ4n) is 3.56. The Labute approximate surface area is 141 Å². The van der Waals surface area contributed by atoms with Gasteiger partial charge in [0.05, 0.1) is 12.2 Å². The predicted octanol–water partition coefficient (Wildman–Crippen LogP) is 3.31. The van der Waals surface area contributed by atoms with Crippen LogP contribution in [0.2, 0.25) is 5.02 Å². The summed E-state index contributed by atoms with van der Waals surface area (Å²) in [6.07, 6.45) is 3.34. The van der Waals surface area contributed by atoms with Crippen molar-refractivity contribution in [2.45, 2.75) is 38.2 Å². The van der Waals surface area contributed by atoms with Crippen molar-refractivity contribution in [1.82, 2.24) is 4.90 Å². The van der Waals surface area contributed by atoms with Crippen LogP contribution in [0.15, 0.2) is 24.3 Å². The molecule has 1 aliphatic heterocycles. The van der Waals surface area contributed by atoms with E-state index in [2.05, 4.69) is 6.07 Å². The number of carbonyl (C=O) groups is 1. The van der Waals surface area contributed by atoms with Crippen LogP contribution in [-0.2, 0) is 4.79 Å². The van der Waals surface area contributed by atoms with E-state index in [0.717, 1.165) is 24.8 Å². The Morgan fingerprint density at radius 3 is 2.39 bits per heavy atom. The van der Waals surface area contributed by atoms with Crippen LogP contribution >= 0.6 is 11.6 Å². The summed E-state index contributed by atoms with van der Waals surface area (Å²) in [6, 6.07) is 9.49. The van der Waals surface area contributed by atoms with E-state index in [-0.39, 0.29) is 11.8 Å².